The molecule has 0 spiro atoms. The van der Waals surface area contributed by atoms with Crippen molar-refractivity contribution in [3.05, 3.63) is 111 Å². The Hall–Kier alpha value is -4.46. The number of allylic oxidation sites excluding steroid dienone is 1. The first-order chi connectivity index (χ1) is 22.6. The Morgan fingerprint density at radius 2 is 1.77 bits per heavy atom. The van der Waals surface area contributed by atoms with E-state index in [0.717, 1.165) is 11.1 Å². The second-order valence-corrected chi connectivity index (χ2v) is 13.4. The molecule has 3 heterocycles. The molecule has 0 aliphatic carbocycles. The van der Waals surface area contributed by atoms with Gasteiger partial charge in [0.2, 0.25) is 6.61 Å². The highest BCUT2D eigenvalue weighted by Gasteiger charge is 2.54. The Kier molecular flexibility index (Phi) is 10.8. The van der Waals surface area contributed by atoms with Crippen LogP contribution in [0.1, 0.15) is 43.7 Å². The van der Waals surface area contributed by atoms with Crippen LogP contribution in [0.15, 0.2) is 99.6 Å². The average Bonchev–Trinajstić information content (AvgIpc) is 3.59. The number of β-lactam (4-membered cyclic amide) rings is 1. The van der Waals surface area contributed by atoms with E-state index in [4.69, 9.17) is 25.9 Å². The lowest BCUT2D eigenvalue weighted by Crippen LogP contribution is -2.71. The normalized spacial score (nSPS) is 18.1. The topological polar surface area (TPSA) is 136 Å². The molecule has 1 N–H and O–H groups in total. The molecule has 244 valence electrons. The van der Waals surface area contributed by atoms with Crippen LogP contribution >= 0.6 is 34.7 Å². The SMILES string of the molecule is CC(C)(C)OC(=O)CON=C(C(=O)NC1C(=O)N2C(C(=O)OC(c3ccccc3)c3ccccc3)=C(/C=C/Cl)CS[C@H]12)c1cscn1. The number of carbonyl (C=O) groups is 4. The van der Waals surface area contributed by atoms with Crippen molar-refractivity contribution in [2.24, 2.45) is 5.16 Å². The van der Waals surface area contributed by atoms with Gasteiger partial charge in [0, 0.05) is 16.7 Å². The maximum Gasteiger partial charge on any atom is 0.356 e. The van der Waals surface area contributed by atoms with Gasteiger partial charge >= 0.3 is 11.9 Å². The number of rotatable bonds is 11. The summed E-state index contributed by atoms with van der Waals surface area (Å²) < 4.78 is 11.3. The molecule has 3 aromatic rings. The summed E-state index contributed by atoms with van der Waals surface area (Å²) in [5.74, 6) is -2.33. The zero-order chi connectivity index (χ0) is 33.6. The molecular formula is C33H31ClN4O7S2. The quantitative estimate of drug-likeness (QED) is 0.128. The van der Waals surface area contributed by atoms with Crippen molar-refractivity contribution in [1.82, 2.24) is 15.2 Å². The summed E-state index contributed by atoms with van der Waals surface area (Å²) in [6, 6.07) is 17.6. The maximum atomic E-state index is 13.9. The molecule has 1 unspecified atom stereocenters. The number of thiazole rings is 1. The molecule has 1 saturated heterocycles. The molecule has 2 amide bonds. The van der Waals surface area contributed by atoms with Crippen LogP contribution in [0.4, 0.5) is 0 Å². The van der Waals surface area contributed by atoms with Crippen molar-refractivity contribution >= 4 is 64.2 Å². The van der Waals surface area contributed by atoms with Crippen molar-refractivity contribution in [2.45, 2.75) is 43.9 Å². The van der Waals surface area contributed by atoms with Crippen LogP contribution in [0.25, 0.3) is 0 Å². The Labute approximate surface area is 284 Å². The molecule has 2 aliphatic heterocycles. The first-order valence-corrected chi connectivity index (χ1v) is 16.9. The number of benzene rings is 2. The number of hydrogen-bond donors (Lipinski definition) is 1. The Morgan fingerprint density at radius 1 is 1.11 bits per heavy atom. The van der Waals surface area contributed by atoms with E-state index in [1.165, 1.54) is 39.0 Å². The third-order valence-corrected chi connectivity index (χ3v) is 8.83. The van der Waals surface area contributed by atoms with E-state index >= 15 is 0 Å². The number of fused-ring (bicyclic) bond motifs is 1. The second kappa shape index (κ2) is 15.0. The highest BCUT2D eigenvalue weighted by Crippen LogP contribution is 2.42. The number of oxime groups is 1. The fourth-order valence-electron chi connectivity index (χ4n) is 4.85. The molecule has 2 aromatic carbocycles. The van der Waals surface area contributed by atoms with E-state index in [0.29, 0.717) is 11.3 Å². The zero-order valence-corrected chi connectivity index (χ0v) is 28.0. The standard InChI is InChI=1S/C33H31ClN4O7S2/c1-33(2,3)45-24(39)16-43-37-25(23-18-46-19-35-23)29(40)36-26-30(41)38-27(22(14-15-34)17-47-31(26)38)32(42)44-28(20-10-6-4-7-11-20)21-12-8-5-9-13-21/h4-15,18-19,26,28,31H,16-17H2,1-3H3,(H,36,40)/b15-14+,37-25?/t26?,31-/m1/s1. The fraction of sp³-hybridized carbons (Fsp3) is 0.273. The van der Waals surface area contributed by atoms with Gasteiger partial charge in [-0.1, -0.05) is 77.4 Å². The monoisotopic (exact) mass is 694 g/mol. The first kappa shape index (κ1) is 33.9. The molecule has 0 saturated carbocycles. The lowest BCUT2D eigenvalue weighted by atomic mass is 10.0. The molecule has 0 bridgehead atoms. The summed E-state index contributed by atoms with van der Waals surface area (Å²) in [7, 11) is 0. The van der Waals surface area contributed by atoms with Gasteiger partial charge in [0.1, 0.15) is 28.4 Å². The van der Waals surface area contributed by atoms with Crippen molar-refractivity contribution in [3.63, 3.8) is 0 Å². The van der Waals surface area contributed by atoms with Crippen LogP contribution in [0.2, 0.25) is 0 Å². The summed E-state index contributed by atoms with van der Waals surface area (Å²) in [5.41, 5.74) is 4.09. The van der Waals surface area contributed by atoms with Gasteiger partial charge in [0.05, 0.1) is 5.51 Å². The summed E-state index contributed by atoms with van der Waals surface area (Å²) in [6.07, 6.45) is 0.811. The summed E-state index contributed by atoms with van der Waals surface area (Å²) in [6.45, 7) is 4.60. The molecule has 14 heteroatoms. The van der Waals surface area contributed by atoms with Gasteiger partial charge < -0.3 is 19.6 Å². The highest BCUT2D eigenvalue weighted by molar-refractivity contribution is 8.00. The number of esters is 2. The van der Waals surface area contributed by atoms with Crippen molar-refractivity contribution in [2.75, 3.05) is 12.4 Å². The average molecular weight is 695 g/mol. The molecule has 2 atom stereocenters. The van der Waals surface area contributed by atoms with Crippen molar-refractivity contribution in [1.29, 1.82) is 0 Å². The predicted molar refractivity (Wildman–Crippen MR) is 178 cm³/mol. The van der Waals surface area contributed by atoms with E-state index < -0.39 is 53.5 Å². The van der Waals surface area contributed by atoms with Gasteiger partial charge in [-0.25, -0.2) is 14.6 Å². The zero-order valence-electron chi connectivity index (χ0n) is 25.6. The van der Waals surface area contributed by atoms with E-state index in [1.807, 2.05) is 60.7 Å². The molecule has 1 aromatic heterocycles. The number of thioether (sulfide) groups is 1. The van der Waals surface area contributed by atoms with Crippen LogP contribution in [-0.2, 0) is 33.5 Å². The second-order valence-electron chi connectivity index (χ2n) is 11.3. The van der Waals surface area contributed by atoms with Crippen molar-refractivity contribution in [3.8, 4) is 0 Å². The molecule has 0 radical (unpaired) electrons. The van der Waals surface area contributed by atoms with E-state index in [-0.39, 0.29) is 17.1 Å². The number of carbonyl (C=O) groups excluding carboxylic acids is 4. The van der Waals surface area contributed by atoms with Gasteiger partial charge in [0.15, 0.2) is 11.8 Å². The third kappa shape index (κ3) is 8.10. The highest BCUT2D eigenvalue weighted by atomic mass is 35.5. The minimum Gasteiger partial charge on any atom is -0.457 e. The lowest BCUT2D eigenvalue weighted by Gasteiger charge is -2.49. The van der Waals surface area contributed by atoms with Gasteiger partial charge in [-0.15, -0.1) is 23.1 Å². The van der Waals surface area contributed by atoms with E-state index in [2.05, 4.69) is 15.5 Å². The number of aromatic nitrogens is 1. The fourth-order valence-corrected chi connectivity index (χ4v) is 6.85. The maximum absolute atomic E-state index is 13.9. The summed E-state index contributed by atoms with van der Waals surface area (Å²) in [4.78, 5) is 63.6. The van der Waals surface area contributed by atoms with Gasteiger partial charge in [0.25, 0.3) is 11.8 Å². The van der Waals surface area contributed by atoms with Crippen LogP contribution in [-0.4, -0.2) is 68.7 Å². The number of nitrogens with one attached hydrogen (secondary N) is 1. The molecule has 11 nitrogen and oxygen atoms in total. The Morgan fingerprint density at radius 3 is 2.34 bits per heavy atom. The smallest absolute Gasteiger partial charge is 0.356 e. The minimum absolute atomic E-state index is 0.0482. The molecule has 1 fully saturated rings. The van der Waals surface area contributed by atoms with Gasteiger partial charge in [-0.2, -0.15) is 0 Å². The van der Waals surface area contributed by atoms with Crippen LogP contribution in [0, 0.1) is 0 Å². The van der Waals surface area contributed by atoms with Crippen LogP contribution in [0.3, 0.4) is 0 Å². The van der Waals surface area contributed by atoms with Gasteiger partial charge in [-0.3, -0.25) is 14.5 Å². The molecule has 2 aliphatic rings. The first-order valence-electron chi connectivity index (χ1n) is 14.4. The van der Waals surface area contributed by atoms with Gasteiger partial charge in [-0.05, 0) is 43.5 Å². The Balaban J connectivity index is 1.34. The third-order valence-electron chi connectivity index (χ3n) is 6.82. The number of ether oxygens (including phenoxy) is 2. The van der Waals surface area contributed by atoms with Crippen LogP contribution in [0.5, 0.6) is 0 Å². The lowest BCUT2D eigenvalue weighted by molar-refractivity contribution is -0.160. The number of amides is 2. The summed E-state index contributed by atoms with van der Waals surface area (Å²) >= 11 is 8.50. The largest absolute Gasteiger partial charge is 0.457 e. The molecule has 5 rings (SSSR count). The Bertz CT molecular complexity index is 1670. The van der Waals surface area contributed by atoms with E-state index in [1.54, 1.807) is 32.2 Å². The summed E-state index contributed by atoms with van der Waals surface area (Å²) in [5, 5.41) is 7.51. The van der Waals surface area contributed by atoms with Crippen LogP contribution < -0.4 is 5.32 Å². The predicted octanol–water partition coefficient (Wildman–Crippen LogP) is 4.94. The molecular weight excluding hydrogens is 664 g/mol. The number of nitrogens with zero attached hydrogens (tertiary/aromatic N) is 3. The number of hydrogen-bond acceptors (Lipinski definition) is 11. The van der Waals surface area contributed by atoms with E-state index in [9.17, 15) is 19.2 Å². The van der Waals surface area contributed by atoms with Crippen molar-refractivity contribution < 1.29 is 33.5 Å². The minimum atomic E-state index is -0.995. The number of halogens is 1. The molecule has 47 heavy (non-hydrogen) atoms.